The SMILES string of the molecule is O=C(O)CCc1nnc(C2CCCCS2)o1. The minimum Gasteiger partial charge on any atom is -0.481 e. The van der Waals surface area contributed by atoms with Crippen molar-refractivity contribution in [2.75, 3.05) is 5.75 Å². The molecule has 0 aromatic carbocycles. The topological polar surface area (TPSA) is 76.2 Å². The molecule has 5 nitrogen and oxygen atoms in total. The van der Waals surface area contributed by atoms with Gasteiger partial charge < -0.3 is 9.52 Å². The van der Waals surface area contributed by atoms with Crippen LogP contribution in [-0.2, 0) is 11.2 Å². The van der Waals surface area contributed by atoms with Gasteiger partial charge in [0.15, 0.2) is 0 Å². The van der Waals surface area contributed by atoms with Gasteiger partial charge in [-0.05, 0) is 18.6 Å². The average molecular weight is 242 g/mol. The number of aromatic nitrogens is 2. The molecule has 1 aromatic rings. The molecule has 16 heavy (non-hydrogen) atoms. The molecular formula is C10H14N2O3S. The zero-order valence-corrected chi connectivity index (χ0v) is 9.70. The first-order chi connectivity index (χ1) is 7.75. The second kappa shape index (κ2) is 5.34. The van der Waals surface area contributed by atoms with Crippen LogP contribution in [0.5, 0.6) is 0 Å². The molecule has 88 valence electrons. The lowest BCUT2D eigenvalue weighted by Crippen LogP contribution is -2.02. The molecule has 6 heteroatoms. The molecule has 0 bridgehead atoms. The van der Waals surface area contributed by atoms with Crippen LogP contribution in [0.1, 0.15) is 42.7 Å². The molecule has 1 unspecified atom stereocenters. The van der Waals surface area contributed by atoms with Crippen molar-refractivity contribution in [2.24, 2.45) is 0 Å². The number of nitrogens with zero attached hydrogens (tertiary/aromatic N) is 2. The molecule has 1 aromatic heterocycles. The summed E-state index contributed by atoms with van der Waals surface area (Å²) in [6, 6.07) is 0. The van der Waals surface area contributed by atoms with E-state index in [2.05, 4.69) is 10.2 Å². The fourth-order valence-corrected chi connectivity index (χ4v) is 2.87. The molecule has 1 saturated heterocycles. The van der Waals surface area contributed by atoms with Crippen LogP contribution in [0.15, 0.2) is 4.42 Å². The van der Waals surface area contributed by atoms with Gasteiger partial charge in [-0.25, -0.2) is 0 Å². The molecule has 1 N–H and O–H groups in total. The number of carboxylic acids is 1. The Morgan fingerprint density at radius 2 is 2.38 bits per heavy atom. The minimum absolute atomic E-state index is 0.0411. The number of rotatable bonds is 4. The van der Waals surface area contributed by atoms with Crippen LogP contribution in [0.4, 0.5) is 0 Å². The third-order valence-corrected chi connectivity index (χ3v) is 3.85. The number of hydrogen-bond acceptors (Lipinski definition) is 5. The van der Waals surface area contributed by atoms with Crippen LogP contribution in [0, 0.1) is 0 Å². The fourth-order valence-electron chi connectivity index (χ4n) is 1.65. The maximum Gasteiger partial charge on any atom is 0.303 e. The second-order valence-electron chi connectivity index (χ2n) is 3.78. The summed E-state index contributed by atoms with van der Waals surface area (Å²) in [5.74, 6) is 1.39. The van der Waals surface area contributed by atoms with E-state index in [0.717, 1.165) is 12.2 Å². The Morgan fingerprint density at radius 3 is 3.06 bits per heavy atom. The van der Waals surface area contributed by atoms with Gasteiger partial charge >= 0.3 is 5.97 Å². The first-order valence-corrected chi connectivity index (χ1v) is 6.46. The molecule has 0 amide bonds. The monoisotopic (exact) mass is 242 g/mol. The first-order valence-electron chi connectivity index (χ1n) is 5.41. The molecule has 2 rings (SSSR count). The van der Waals surface area contributed by atoms with E-state index in [-0.39, 0.29) is 6.42 Å². The van der Waals surface area contributed by atoms with Crippen molar-refractivity contribution in [3.63, 3.8) is 0 Å². The van der Waals surface area contributed by atoms with E-state index >= 15 is 0 Å². The predicted octanol–water partition coefficient (Wildman–Crippen LogP) is 2.04. The highest BCUT2D eigenvalue weighted by atomic mass is 32.2. The van der Waals surface area contributed by atoms with Gasteiger partial charge in [0.2, 0.25) is 11.8 Å². The second-order valence-corrected chi connectivity index (χ2v) is 5.09. The van der Waals surface area contributed by atoms with E-state index in [9.17, 15) is 4.79 Å². The lowest BCUT2D eigenvalue weighted by atomic mass is 10.2. The van der Waals surface area contributed by atoms with Crippen LogP contribution < -0.4 is 0 Å². The molecule has 0 aliphatic carbocycles. The van der Waals surface area contributed by atoms with Crippen molar-refractivity contribution in [3.8, 4) is 0 Å². The lowest BCUT2D eigenvalue weighted by Gasteiger charge is -2.17. The smallest absolute Gasteiger partial charge is 0.303 e. The van der Waals surface area contributed by atoms with Gasteiger partial charge in [-0.2, -0.15) is 0 Å². The van der Waals surface area contributed by atoms with Crippen molar-refractivity contribution in [1.82, 2.24) is 10.2 Å². The molecule has 0 saturated carbocycles. The van der Waals surface area contributed by atoms with Gasteiger partial charge in [-0.3, -0.25) is 4.79 Å². The maximum absolute atomic E-state index is 10.4. The molecule has 0 spiro atoms. The summed E-state index contributed by atoms with van der Waals surface area (Å²) < 4.78 is 5.47. The summed E-state index contributed by atoms with van der Waals surface area (Å²) >= 11 is 1.84. The van der Waals surface area contributed by atoms with Crippen LogP contribution in [0.2, 0.25) is 0 Å². The molecule has 1 aliphatic rings. The summed E-state index contributed by atoms with van der Waals surface area (Å²) in [5, 5.41) is 16.7. The van der Waals surface area contributed by atoms with Crippen molar-refractivity contribution in [1.29, 1.82) is 0 Å². The van der Waals surface area contributed by atoms with Gasteiger partial charge in [0.05, 0.1) is 11.7 Å². The number of aryl methyl sites for hydroxylation is 1. The Bertz CT molecular complexity index is 361. The van der Waals surface area contributed by atoms with Crippen molar-refractivity contribution in [2.45, 2.75) is 37.4 Å². The number of carbonyl (C=O) groups is 1. The van der Waals surface area contributed by atoms with E-state index in [1.54, 1.807) is 0 Å². The third-order valence-electron chi connectivity index (χ3n) is 2.49. The van der Waals surface area contributed by atoms with E-state index < -0.39 is 5.97 Å². The molecule has 1 aliphatic heterocycles. The molecular weight excluding hydrogens is 228 g/mol. The highest BCUT2D eigenvalue weighted by Crippen LogP contribution is 2.37. The lowest BCUT2D eigenvalue weighted by molar-refractivity contribution is -0.137. The predicted molar refractivity (Wildman–Crippen MR) is 59.3 cm³/mol. The number of carboxylic acid groups (broad SMARTS) is 1. The Hall–Kier alpha value is -1.04. The summed E-state index contributed by atoms with van der Waals surface area (Å²) in [7, 11) is 0. The Labute approximate surface area is 97.6 Å². The van der Waals surface area contributed by atoms with Crippen LogP contribution in [-0.4, -0.2) is 27.0 Å². The number of thioether (sulfide) groups is 1. The number of aliphatic carboxylic acids is 1. The van der Waals surface area contributed by atoms with Crippen LogP contribution >= 0.6 is 11.8 Å². The molecule has 1 fully saturated rings. The Morgan fingerprint density at radius 1 is 1.50 bits per heavy atom. The van der Waals surface area contributed by atoms with Crippen molar-refractivity contribution < 1.29 is 14.3 Å². The third kappa shape index (κ3) is 2.98. The van der Waals surface area contributed by atoms with Gasteiger partial charge in [-0.15, -0.1) is 22.0 Å². The van der Waals surface area contributed by atoms with E-state index in [0.29, 0.717) is 23.5 Å². The Kier molecular flexibility index (Phi) is 3.82. The van der Waals surface area contributed by atoms with Gasteiger partial charge in [0, 0.05) is 6.42 Å². The first kappa shape index (κ1) is 11.4. The summed E-state index contributed by atoms with van der Waals surface area (Å²) in [6.07, 6.45) is 3.88. The highest BCUT2D eigenvalue weighted by Gasteiger charge is 2.21. The van der Waals surface area contributed by atoms with Crippen LogP contribution in [0.25, 0.3) is 0 Å². The largest absolute Gasteiger partial charge is 0.481 e. The standard InChI is InChI=1S/C10H14N2O3S/c13-9(14)5-4-8-11-12-10(15-8)7-3-1-2-6-16-7/h7H,1-6H2,(H,13,14). The zero-order valence-electron chi connectivity index (χ0n) is 8.89. The van der Waals surface area contributed by atoms with Crippen molar-refractivity contribution in [3.05, 3.63) is 11.8 Å². The van der Waals surface area contributed by atoms with E-state index in [1.807, 2.05) is 11.8 Å². The quantitative estimate of drug-likeness (QED) is 0.870. The van der Waals surface area contributed by atoms with E-state index in [1.165, 1.54) is 12.8 Å². The zero-order chi connectivity index (χ0) is 11.4. The van der Waals surface area contributed by atoms with Crippen molar-refractivity contribution >= 4 is 17.7 Å². The maximum atomic E-state index is 10.4. The molecule has 2 heterocycles. The average Bonchev–Trinajstić information content (AvgIpc) is 2.76. The van der Waals surface area contributed by atoms with Gasteiger partial charge in [0.25, 0.3) is 0 Å². The summed E-state index contributed by atoms with van der Waals surface area (Å²) in [4.78, 5) is 10.4. The summed E-state index contributed by atoms with van der Waals surface area (Å²) in [6.45, 7) is 0. The highest BCUT2D eigenvalue weighted by molar-refractivity contribution is 7.99. The van der Waals surface area contributed by atoms with Crippen LogP contribution in [0.3, 0.4) is 0 Å². The summed E-state index contributed by atoms with van der Waals surface area (Å²) in [5.41, 5.74) is 0. The van der Waals surface area contributed by atoms with Gasteiger partial charge in [-0.1, -0.05) is 6.42 Å². The molecule has 0 radical (unpaired) electrons. The number of hydrogen-bond donors (Lipinski definition) is 1. The normalized spacial score (nSPS) is 20.9. The fraction of sp³-hybridized carbons (Fsp3) is 0.700. The van der Waals surface area contributed by atoms with Gasteiger partial charge in [0.1, 0.15) is 0 Å². The Balaban J connectivity index is 1.93. The minimum atomic E-state index is -0.841. The molecule has 1 atom stereocenters. The van der Waals surface area contributed by atoms with E-state index in [4.69, 9.17) is 9.52 Å².